The van der Waals surface area contributed by atoms with E-state index in [1.54, 1.807) is 11.0 Å². The fourth-order valence-corrected chi connectivity index (χ4v) is 7.78. The Hall–Kier alpha value is -4.02. The number of rotatable bonds is 11. The van der Waals surface area contributed by atoms with Gasteiger partial charge in [0.25, 0.3) is 0 Å². The minimum absolute atomic E-state index is 0.00334. The van der Waals surface area contributed by atoms with Crippen molar-refractivity contribution in [3.63, 3.8) is 0 Å². The lowest BCUT2D eigenvalue weighted by Gasteiger charge is -2.39. The van der Waals surface area contributed by atoms with Crippen molar-refractivity contribution in [1.82, 2.24) is 14.8 Å². The zero-order chi connectivity index (χ0) is 34.0. The van der Waals surface area contributed by atoms with E-state index in [-0.39, 0.29) is 22.3 Å². The highest BCUT2D eigenvalue weighted by Gasteiger charge is 2.39. The molecule has 2 amide bonds. The van der Waals surface area contributed by atoms with Crippen molar-refractivity contribution in [2.75, 3.05) is 44.3 Å². The largest absolute Gasteiger partial charge is 0.378 e. The van der Waals surface area contributed by atoms with E-state index in [1.165, 1.54) is 5.56 Å². The Kier molecular flexibility index (Phi) is 12.1. The summed E-state index contributed by atoms with van der Waals surface area (Å²) in [5.41, 5.74) is 5.33. The summed E-state index contributed by atoms with van der Waals surface area (Å²) in [6, 6.07) is 32.1. The van der Waals surface area contributed by atoms with Gasteiger partial charge in [0.15, 0.2) is 0 Å². The predicted molar refractivity (Wildman–Crippen MR) is 204 cm³/mol. The molecule has 8 heteroatoms. The van der Waals surface area contributed by atoms with Gasteiger partial charge in [-0.1, -0.05) is 119 Å². The van der Waals surface area contributed by atoms with Crippen molar-refractivity contribution in [2.45, 2.75) is 42.7 Å². The average Bonchev–Trinajstić information content (AvgIpc) is 3.16. The van der Waals surface area contributed by atoms with Crippen LogP contribution in [-0.2, 0) is 27.3 Å². The maximum Gasteiger partial charge on any atom is 0.247 e. The van der Waals surface area contributed by atoms with Gasteiger partial charge in [-0.25, -0.2) is 4.98 Å². The van der Waals surface area contributed by atoms with E-state index in [4.69, 9.17) is 9.72 Å². The molecule has 3 heterocycles. The highest BCUT2D eigenvalue weighted by atomic mass is 127. The Morgan fingerprint density at radius 1 is 0.878 bits per heavy atom. The Morgan fingerprint density at radius 2 is 1.55 bits per heavy atom. The number of pyridine rings is 1. The van der Waals surface area contributed by atoms with Gasteiger partial charge in [-0.05, 0) is 66.5 Å². The molecular weight excluding hydrogens is 723 g/mol. The first-order valence-corrected chi connectivity index (χ1v) is 18.5. The number of alkyl halides is 1. The third-order valence-corrected chi connectivity index (χ3v) is 11.0. The first kappa shape index (κ1) is 34.8. The standard InChI is InChI=1S/C41H45IN4O3/c1-31-12-14-32(15-13-31)17-19-38(47)46(30-35-16-18-37(43-29-35)44-24-26-49-27-25-44)40(39(42)36-10-6-3-7-11-36)41(48)45-22-20-34(21-23-45)28-33-8-4-2-5-9-33/h2-19,29,34,39-40H,20-28,30H2,1H3. The van der Waals surface area contributed by atoms with Crippen molar-refractivity contribution < 1.29 is 14.3 Å². The number of nitrogens with zero attached hydrogens (tertiary/aromatic N) is 4. The van der Waals surface area contributed by atoms with Crippen LogP contribution in [0.3, 0.4) is 0 Å². The molecule has 254 valence electrons. The van der Waals surface area contributed by atoms with Crippen molar-refractivity contribution >= 4 is 46.3 Å². The topological polar surface area (TPSA) is 66.0 Å². The molecule has 0 radical (unpaired) electrons. The summed E-state index contributed by atoms with van der Waals surface area (Å²) >= 11 is 2.37. The molecule has 0 aliphatic carbocycles. The summed E-state index contributed by atoms with van der Waals surface area (Å²) in [4.78, 5) is 39.8. The second-order valence-corrected chi connectivity index (χ2v) is 14.4. The number of carbonyl (C=O) groups excluding carboxylic acids is 2. The van der Waals surface area contributed by atoms with E-state index in [2.05, 4.69) is 57.8 Å². The molecule has 0 spiro atoms. The van der Waals surface area contributed by atoms with Crippen LogP contribution in [0.1, 0.15) is 44.6 Å². The Bertz CT molecular complexity index is 1670. The summed E-state index contributed by atoms with van der Waals surface area (Å²) in [6.07, 6.45) is 8.21. The molecular formula is C41H45IN4O3. The van der Waals surface area contributed by atoms with Gasteiger partial charge in [0.2, 0.25) is 11.8 Å². The number of amides is 2. The number of ether oxygens (including phenoxy) is 1. The molecule has 2 aliphatic rings. The van der Waals surface area contributed by atoms with Crippen LogP contribution in [0.2, 0.25) is 0 Å². The highest BCUT2D eigenvalue weighted by molar-refractivity contribution is 14.1. The van der Waals surface area contributed by atoms with E-state index in [0.717, 1.165) is 60.4 Å². The van der Waals surface area contributed by atoms with E-state index in [0.29, 0.717) is 32.2 Å². The van der Waals surface area contributed by atoms with Crippen LogP contribution in [0.15, 0.2) is 109 Å². The zero-order valence-corrected chi connectivity index (χ0v) is 30.3. The number of piperidine rings is 1. The second kappa shape index (κ2) is 17.1. The molecule has 0 saturated carbocycles. The lowest BCUT2D eigenvalue weighted by atomic mass is 9.89. The first-order valence-electron chi connectivity index (χ1n) is 17.3. The van der Waals surface area contributed by atoms with Crippen LogP contribution in [0.25, 0.3) is 6.08 Å². The molecule has 49 heavy (non-hydrogen) atoms. The van der Waals surface area contributed by atoms with Gasteiger partial charge in [0.1, 0.15) is 11.9 Å². The number of aromatic nitrogens is 1. The fraction of sp³-hybridized carbons (Fsp3) is 0.341. The number of benzene rings is 3. The van der Waals surface area contributed by atoms with Crippen LogP contribution in [0.5, 0.6) is 0 Å². The maximum atomic E-state index is 14.8. The van der Waals surface area contributed by atoms with Crippen molar-refractivity contribution in [1.29, 1.82) is 0 Å². The van der Waals surface area contributed by atoms with Crippen molar-refractivity contribution in [3.05, 3.63) is 137 Å². The monoisotopic (exact) mass is 768 g/mol. The van der Waals surface area contributed by atoms with E-state index in [9.17, 15) is 9.59 Å². The molecule has 2 aliphatic heterocycles. The van der Waals surface area contributed by atoms with Gasteiger partial charge in [-0.2, -0.15) is 0 Å². The Labute approximate surface area is 304 Å². The average molecular weight is 769 g/mol. The van der Waals surface area contributed by atoms with Crippen molar-refractivity contribution in [3.8, 4) is 0 Å². The zero-order valence-electron chi connectivity index (χ0n) is 28.2. The lowest BCUT2D eigenvalue weighted by Crippen LogP contribution is -2.53. The van der Waals surface area contributed by atoms with Crippen LogP contribution in [-0.4, -0.2) is 72.0 Å². The molecule has 2 unspecified atom stereocenters. The maximum absolute atomic E-state index is 14.8. The van der Waals surface area contributed by atoms with Gasteiger partial charge in [-0.3, -0.25) is 9.59 Å². The number of anilines is 1. The number of carbonyl (C=O) groups is 2. The number of morpholine rings is 1. The normalized spacial score (nSPS) is 16.8. The molecule has 7 nitrogen and oxygen atoms in total. The summed E-state index contributed by atoms with van der Waals surface area (Å²) < 4.78 is 5.26. The van der Waals surface area contributed by atoms with Gasteiger partial charge in [0.05, 0.1) is 17.1 Å². The predicted octanol–water partition coefficient (Wildman–Crippen LogP) is 7.29. The first-order chi connectivity index (χ1) is 23.9. The molecule has 0 N–H and O–H groups in total. The molecule has 2 atom stereocenters. The van der Waals surface area contributed by atoms with E-state index >= 15 is 0 Å². The van der Waals surface area contributed by atoms with Gasteiger partial charge in [0, 0.05) is 45.0 Å². The summed E-state index contributed by atoms with van der Waals surface area (Å²) in [5.74, 6) is 1.22. The minimum atomic E-state index is -0.706. The third-order valence-electron chi connectivity index (χ3n) is 9.55. The van der Waals surface area contributed by atoms with Gasteiger partial charge < -0.3 is 19.4 Å². The SMILES string of the molecule is Cc1ccc(C=CC(=O)N(Cc2ccc(N3CCOCC3)nc2)C(C(=O)N2CCC(Cc3ccccc3)CC2)C(I)c2ccccc2)cc1. The number of halogens is 1. The molecule has 2 fully saturated rings. The second-order valence-electron chi connectivity index (χ2n) is 13.0. The van der Waals surface area contributed by atoms with Gasteiger partial charge in [-0.15, -0.1) is 0 Å². The number of likely N-dealkylation sites (tertiary alicyclic amines) is 1. The van der Waals surface area contributed by atoms with Crippen LogP contribution in [0, 0.1) is 12.8 Å². The highest BCUT2D eigenvalue weighted by Crippen LogP contribution is 2.34. The summed E-state index contributed by atoms with van der Waals surface area (Å²) in [7, 11) is 0. The molecule has 6 rings (SSSR count). The summed E-state index contributed by atoms with van der Waals surface area (Å²) in [5, 5.41) is 0. The molecule has 1 aromatic heterocycles. The van der Waals surface area contributed by atoms with Crippen molar-refractivity contribution in [2.24, 2.45) is 5.92 Å². The summed E-state index contributed by atoms with van der Waals surface area (Å²) in [6.45, 7) is 6.64. The fourth-order valence-electron chi connectivity index (χ4n) is 6.67. The molecule has 3 aromatic carbocycles. The lowest BCUT2D eigenvalue weighted by molar-refractivity contribution is -0.145. The van der Waals surface area contributed by atoms with E-state index in [1.807, 2.05) is 90.8 Å². The molecule has 0 bridgehead atoms. The van der Waals surface area contributed by atoms with Crippen LogP contribution in [0.4, 0.5) is 5.82 Å². The van der Waals surface area contributed by atoms with Crippen LogP contribution >= 0.6 is 22.6 Å². The molecule has 4 aromatic rings. The quantitative estimate of drug-likeness (QED) is 0.0912. The van der Waals surface area contributed by atoms with Crippen LogP contribution < -0.4 is 4.90 Å². The van der Waals surface area contributed by atoms with Gasteiger partial charge >= 0.3 is 0 Å². The number of hydrogen-bond donors (Lipinski definition) is 0. The molecule has 2 saturated heterocycles. The smallest absolute Gasteiger partial charge is 0.247 e. The van der Waals surface area contributed by atoms with E-state index < -0.39 is 6.04 Å². The Balaban J connectivity index is 1.28. The number of hydrogen-bond acceptors (Lipinski definition) is 5. The Morgan fingerprint density at radius 3 is 2.20 bits per heavy atom. The third kappa shape index (κ3) is 9.36. The minimum Gasteiger partial charge on any atom is -0.378 e. The number of aryl methyl sites for hydroxylation is 1.